The van der Waals surface area contributed by atoms with E-state index in [0.717, 1.165) is 12.0 Å². The van der Waals surface area contributed by atoms with Crippen molar-refractivity contribution in [2.75, 3.05) is 6.54 Å². The van der Waals surface area contributed by atoms with Crippen molar-refractivity contribution in [2.45, 2.75) is 20.3 Å². The van der Waals surface area contributed by atoms with Crippen molar-refractivity contribution in [3.8, 4) is 0 Å². The summed E-state index contributed by atoms with van der Waals surface area (Å²) in [5.74, 6) is 0.503. The second-order valence-electron chi connectivity index (χ2n) is 4.20. The van der Waals surface area contributed by atoms with Crippen LogP contribution >= 0.6 is 0 Å². The lowest BCUT2D eigenvalue weighted by Gasteiger charge is -2.03. The normalized spacial score (nSPS) is 10.3. The van der Waals surface area contributed by atoms with Crippen LogP contribution in [0.1, 0.15) is 27.4 Å². The quantitative estimate of drug-likeness (QED) is 0.897. The lowest BCUT2D eigenvalue weighted by Crippen LogP contribution is -2.26. The molecule has 1 heterocycles. The first-order valence-corrected chi connectivity index (χ1v) is 5.93. The van der Waals surface area contributed by atoms with Gasteiger partial charge in [-0.15, -0.1) is 0 Å². The first kappa shape index (κ1) is 12.4. The fourth-order valence-corrected chi connectivity index (χ4v) is 1.68. The molecule has 0 fully saturated rings. The summed E-state index contributed by atoms with van der Waals surface area (Å²) in [5, 5.41) is 6.59. The third kappa shape index (κ3) is 2.77. The van der Waals surface area contributed by atoms with Gasteiger partial charge in [0.15, 0.2) is 5.69 Å². The smallest absolute Gasteiger partial charge is 0.273 e. The average molecular weight is 244 g/mol. The van der Waals surface area contributed by atoms with E-state index in [1.807, 2.05) is 37.3 Å². The predicted octanol–water partition coefficient (Wildman–Crippen LogP) is 2.26. The first-order valence-electron chi connectivity index (χ1n) is 5.93. The van der Waals surface area contributed by atoms with Crippen LogP contribution in [0.25, 0.3) is 0 Å². The molecule has 0 saturated carbocycles. The zero-order chi connectivity index (χ0) is 13.0. The Morgan fingerprint density at radius 3 is 2.61 bits per heavy atom. The largest absolute Gasteiger partial charge is 0.361 e. The van der Waals surface area contributed by atoms with Gasteiger partial charge in [-0.25, -0.2) is 0 Å². The summed E-state index contributed by atoms with van der Waals surface area (Å²) in [6.45, 7) is 4.22. The number of aryl methyl sites for hydroxylation is 1. The molecule has 94 valence electrons. The van der Waals surface area contributed by atoms with Crippen molar-refractivity contribution in [2.24, 2.45) is 0 Å². The first-order chi connectivity index (χ1) is 8.68. The van der Waals surface area contributed by atoms with Crippen molar-refractivity contribution < 1.29 is 9.32 Å². The number of benzene rings is 1. The second kappa shape index (κ2) is 5.49. The molecule has 0 spiro atoms. The van der Waals surface area contributed by atoms with Crippen molar-refractivity contribution in [3.63, 3.8) is 0 Å². The molecule has 2 rings (SSSR count). The number of hydrogen-bond donors (Lipinski definition) is 1. The Bertz CT molecular complexity index is 532. The molecule has 0 radical (unpaired) electrons. The van der Waals surface area contributed by atoms with Crippen LogP contribution in [0.2, 0.25) is 0 Å². The van der Waals surface area contributed by atoms with E-state index in [1.54, 1.807) is 6.92 Å². The molecule has 0 atom stereocenters. The number of carbonyl (C=O) groups is 1. The van der Waals surface area contributed by atoms with Crippen LogP contribution in [-0.2, 0) is 6.42 Å². The van der Waals surface area contributed by atoms with Gasteiger partial charge in [-0.1, -0.05) is 35.5 Å². The summed E-state index contributed by atoms with van der Waals surface area (Å²) in [5.41, 5.74) is 2.37. The molecule has 1 aromatic heterocycles. The topological polar surface area (TPSA) is 55.1 Å². The molecule has 0 aliphatic carbocycles. The molecule has 4 heteroatoms. The van der Waals surface area contributed by atoms with Gasteiger partial charge < -0.3 is 9.84 Å². The van der Waals surface area contributed by atoms with Gasteiger partial charge >= 0.3 is 0 Å². The monoisotopic (exact) mass is 244 g/mol. The molecular weight excluding hydrogens is 228 g/mol. The van der Waals surface area contributed by atoms with Crippen molar-refractivity contribution >= 4 is 5.91 Å². The molecule has 2 aromatic rings. The minimum Gasteiger partial charge on any atom is -0.361 e. The van der Waals surface area contributed by atoms with Crippen molar-refractivity contribution in [3.05, 3.63) is 52.9 Å². The number of hydrogen-bond acceptors (Lipinski definition) is 3. The van der Waals surface area contributed by atoms with Gasteiger partial charge in [-0.2, -0.15) is 0 Å². The summed E-state index contributed by atoms with van der Waals surface area (Å²) >= 11 is 0. The molecule has 0 aliphatic rings. The highest BCUT2D eigenvalue weighted by molar-refractivity contribution is 5.93. The molecular formula is C14H16N2O2. The molecule has 0 aliphatic heterocycles. The third-order valence-electron chi connectivity index (χ3n) is 2.91. The van der Waals surface area contributed by atoms with Crippen LogP contribution in [0.3, 0.4) is 0 Å². The Hall–Kier alpha value is -2.10. The Balaban J connectivity index is 1.88. The lowest BCUT2D eigenvalue weighted by molar-refractivity contribution is 0.0944. The summed E-state index contributed by atoms with van der Waals surface area (Å²) < 4.78 is 4.97. The van der Waals surface area contributed by atoms with E-state index in [4.69, 9.17) is 4.52 Å². The zero-order valence-electron chi connectivity index (χ0n) is 10.6. The van der Waals surface area contributed by atoms with Crippen molar-refractivity contribution in [1.82, 2.24) is 10.5 Å². The van der Waals surface area contributed by atoms with Gasteiger partial charge in [-0.3, -0.25) is 4.79 Å². The second-order valence-corrected chi connectivity index (χ2v) is 4.20. The van der Waals surface area contributed by atoms with Crippen LogP contribution in [0.5, 0.6) is 0 Å². The summed E-state index contributed by atoms with van der Waals surface area (Å²) in [4.78, 5) is 11.8. The number of nitrogens with one attached hydrogen (secondary N) is 1. The Kier molecular flexibility index (Phi) is 3.77. The predicted molar refractivity (Wildman–Crippen MR) is 68.5 cm³/mol. The van der Waals surface area contributed by atoms with E-state index in [2.05, 4.69) is 10.5 Å². The minimum atomic E-state index is -0.180. The van der Waals surface area contributed by atoms with E-state index in [1.165, 1.54) is 5.56 Å². The SMILES string of the molecule is Cc1onc(C(=O)NCCc2ccccc2)c1C. The van der Waals surface area contributed by atoms with Gasteiger partial charge in [0.1, 0.15) is 5.76 Å². The molecule has 4 nitrogen and oxygen atoms in total. The molecule has 1 aromatic carbocycles. The van der Waals surface area contributed by atoms with E-state index in [-0.39, 0.29) is 5.91 Å². The molecule has 1 amide bonds. The molecule has 1 N–H and O–H groups in total. The van der Waals surface area contributed by atoms with Gasteiger partial charge in [0.05, 0.1) is 0 Å². The van der Waals surface area contributed by atoms with Crippen LogP contribution < -0.4 is 5.32 Å². The van der Waals surface area contributed by atoms with E-state index >= 15 is 0 Å². The Labute approximate surface area is 106 Å². The molecule has 0 saturated heterocycles. The fraction of sp³-hybridized carbons (Fsp3) is 0.286. The fourth-order valence-electron chi connectivity index (χ4n) is 1.68. The van der Waals surface area contributed by atoms with Gasteiger partial charge in [0.2, 0.25) is 0 Å². The van der Waals surface area contributed by atoms with Gasteiger partial charge in [0, 0.05) is 12.1 Å². The maximum atomic E-state index is 11.8. The highest BCUT2D eigenvalue weighted by atomic mass is 16.5. The Morgan fingerprint density at radius 1 is 1.28 bits per heavy atom. The third-order valence-corrected chi connectivity index (χ3v) is 2.91. The number of amides is 1. The average Bonchev–Trinajstić information content (AvgIpc) is 2.71. The molecule has 0 bridgehead atoms. The van der Waals surface area contributed by atoms with Crippen LogP contribution in [-0.4, -0.2) is 17.6 Å². The maximum absolute atomic E-state index is 11.8. The van der Waals surface area contributed by atoms with Crippen LogP contribution in [0, 0.1) is 13.8 Å². The van der Waals surface area contributed by atoms with E-state index in [0.29, 0.717) is 18.0 Å². The summed E-state index contributed by atoms with van der Waals surface area (Å²) in [7, 11) is 0. The number of rotatable bonds is 4. The Morgan fingerprint density at radius 2 is 2.00 bits per heavy atom. The van der Waals surface area contributed by atoms with Crippen molar-refractivity contribution in [1.29, 1.82) is 0 Å². The minimum absolute atomic E-state index is 0.180. The summed E-state index contributed by atoms with van der Waals surface area (Å²) in [6.07, 6.45) is 0.808. The number of aromatic nitrogens is 1. The summed E-state index contributed by atoms with van der Waals surface area (Å²) in [6, 6.07) is 10.0. The standard InChI is InChI=1S/C14H16N2O2/c1-10-11(2)18-16-13(10)14(17)15-9-8-12-6-4-3-5-7-12/h3-7H,8-9H2,1-2H3,(H,15,17). The lowest BCUT2D eigenvalue weighted by atomic mass is 10.1. The number of nitrogens with zero attached hydrogens (tertiary/aromatic N) is 1. The molecule has 18 heavy (non-hydrogen) atoms. The molecule has 0 unspecified atom stereocenters. The highest BCUT2D eigenvalue weighted by Crippen LogP contribution is 2.10. The maximum Gasteiger partial charge on any atom is 0.273 e. The van der Waals surface area contributed by atoms with E-state index < -0.39 is 0 Å². The van der Waals surface area contributed by atoms with E-state index in [9.17, 15) is 4.79 Å². The zero-order valence-corrected chi connectivity index (χ0v) is 10.6. The highest BCUT2D eigenvalue weighted by Gasteiger charge is 2.15. The van der Waals surface area contributed by atoms with Gasteiger partial charge in [0.25, 0.3) is 5.91 Å². The van der Waals surface area contributed by atoms with Gasteiger partial charge in [-0.05, 0) is 25.8 Å². The van der Waals surface area contributed by atoms with Crippen LogP contribution in [0.4, 0.5) is 0 Å². The number of carbonyl (C=O) groups excluding carboxylic acids is 1. The van der Waals surface area contributed by atoms with Crippen LogP contribution in [0.15, 0.2) is 34.9 Å².